The van der Waals surface area contributed by atoms with E-state index in [1.807, 2.05) is 0 Å². The molecule has 0 spiro atoms. The molecule has 0 aliphatic heterocycles. The zero-order valence-corrected chi connectivity index (χ0v) is 8.68. The smallest absolute Gasteiger partial charge is 0.216 e. The van der Waals surface area contributed by atoms with Crippen LogP contribution in [-0.2, 0) is 4.79 Å². The van der Waals surface area contributed by atoms with Crippen molar-refractivity contribution in [1.29, 1.82) is 5.41 Å². The van der Waals surface area contributed by atoms with E-state index in [1.165, 1.54) is 0 Å². The molecule has 0 aromatic carbocycles. The van der Waals surface area contributed by atoms with Gasteiger partial charge in [-0.15, -0.1) is 0 Å². The van der Waals surface area contributed by atoms with Gasteiger partial charge in [0, 0.05) is 19.4 Å². The fourth-order valence-electron chi connectivity index (χ4n) is 1.97. The Morgan fingerprint density at radius 2 is 2.00 bits per heavy atom. The second-order valence-electron chi connectivity index (χ2n) is 4.11. The third kappa shape index (κ3) is 3.36. The number of hydrogen-bond donors (Lipinski definition) is 3. The second kappa shape index (κ2) is 4.98. The van der Waals surface area contributed by atoms with Gasteiger partial charge in [-0.1, -0.05) is 0 Å². The topological polar surface area (TPSA) is 79.0 Å². The first kappa shape index (κ1) is 11.0. The molecule has 1 amide bonds. The fraction of sp³-hybridized carbons (Fsp3) is 0.800. The Kier molecular flexibility index (Phi) is 3.92. The molecule has 1 saturated carbocycles. The van der Waals surface area contributed by atoms with Crippen LogP contribution in [0.4, 0.5) is 0 Å². The van der Waals surface area contributed by atoms with Crippen LogP contribution < -0.4 is 11.1 Å². The lowest BCUT2D eigenvalue weighted by molar-refractivity contribution is -0.119. The largest absolute Gasteiger partial charge is 0.387 e. The first-order valence-corrected chi connectivity index (χ1v) is 5.18. The van der Waals surface area contributed by atoms with Crippen LogP contribution in [0.5, 0.6) is 0 Å². The molecule has 4 N–H and O–H groups in total. The van der Waals surface area contributed by atoms with E-state index in [1.54, 1.807) is 6.92 Å². The zero-order chi connectivity index (χ0) is 10.6. The lowest BCUT2D eigenvalue weighted by Crippen LogP contribution is -2.32. The number of rotatable bonds is 3. The van der Waals surface area contributed by atoms with Crippen LogP contribution in [0.15, 0.2) is 0 Å². The average molecular weight is 197 g/mol. The zero-order valence-electron chi connectivity index (χ0n) is 8.68. The van der Waals surface area contributed by atoms with E-state index in [-0.39, 0.29) is 11.8 Å². The van der Waals surface area contributed by atoms with E-state index in [4.69, 9.17) is 11.1 Å². The number of carbonyl (C=O) groups is 1. The summed E-state index contributed by atoms with van der Waals surface area (Å²) in [6.45, 7) is 2.32. The van der Waals surface area contributed by atoms with Crippen molar-refractivity contribution in [3.05, 3.63) is 0 Å². The third-order valence-electron chi connectivity index (χ3n) is 2.93. The molecule has 0 aromatic heterocycles. The summed E-state index contributed by atoms with van der Waals surface area (Å²) in [7, 11) is 0. The summed E-state index contributed by atoms with van der Waals surface area (Å²) in [6, 6.07) is 0. The predicted octanol–water partition coefficient (Wildman–Crippen LogP) is 0.865. The van der Waals surface area contributed by atoms with Gasteiger partial charge in [-0.25, -0.2) is 0 Å². The average Bonchev–Trinajstić information content (AvgIpc) is 2.15. The molecule has 1 fully saturated rings. The Morgan fingerprint density at radius 1 is 1.43 bits per heavy atom. The number of amidine groups is 1. The molecule has 1 rings (SSSR count). The van der Waals surface area contributed by atoms with Crippen molar-refractivity contribution < 1.29 is 4.79 Å². The van der Waals surface area contributed by atoms with Crippen LogP contribution in [0.3, 0.4) is 0 Å². The highest BCUT2D eigenvalue weighted by atomic mass is 16.1. The first-order chi connectivity index (χ1) is 6.59. The fourth-order valence-corrected chi connectivity index (χ4v) is 1.97. The van der Waals surface area contributed by atoms with Crippen molar-refractivity contribution in [3.63, 3.8) is 0 Å². The summed E-state index contributed by atoms with van der Waals surface area (Å²) in [6.07, 6.45) is 4.15. The molecular weight excluding hydrogens is 178 g/mol. The van der Waals surface area contributed by atoms with E-state index in [2.05, 4.69) is 5.32 Å². The maximum absolute atomic E-state index is 10.7. The van der Waals surface area contributed by atoms with Gasteiger partial charge in [0.05, 0.1) is 5.84 Å². The molecule has 0 aromatic rings. The van der Waals surface area contributed by atoms with Gasteiger partial charge >= 0.3 is 0 Å². The maximum atomic E-state index is 10.7. The highest BCUT2D eigenvalue weighted by Crippen LogP contribution is 2.27. The summed E-state index contributed by atoms with van der Waals surface area (Å²) in [4.78, 5) is 10.7. The molecule has 4 nitrogen and oxygen atoms in total. The van der Waals surface area contributed by atoms with Crippen LogP contribution in [0.1, 0.15) is 32.6 Å². The van der Waals surface area contributed by atoms with E-state index in [9.17, 15) is 4.79 Å². The molecule has 0 heterocycles. The molecule has 1 aliphatic rings. The number of nitrogens with two attached hydrogens (primary N) is 1. The maximum Gasteiger partial charge on any atom is 0.216 e. The highest BCUT2D eigenvalue weighted by Gasteiger charge is 2.22. The minimum absolute atomic E-state index is 0.0405. The van der Waals surface area contributed by atoms with Gasteiger partial charge in [0.1, 0.15) is 0 Å². The number of carbonyl (C=O) groups excluding carboxylic acids is 1. The van der Waals surface area contributed by atoms with E-state index in [0.717, 1.165) is 32.2 Å². The van der Waals surface area contributed by atoms with Gasteiger partial charge in [0.25, 0.3) is 0 Å². The Morgan fingerprint density at radius 3 is 2.43 bits per heavy atom. The SMILES string of the molecule is CC(=O)NCC1CCC(C(=N)N)CC1. The van der Waals surface area contributed by atoms with Crippen molar-refractivity contribution in [2.75, 3.05) is 6.54 Å². The lowest BCUT2D eigenvalue weighted by Gasteiger charge is -2.27. The molecule has 0 atom stereocenters. The van der Waals surface area contributed by atoms with E-state index < -0.39 is 0 Å². The second-order valence-corrected chi connectivity index (χ2v) is 4.11. The van der Waals surface area contributed by atoms with Gasteiger partial charge < -0.3 is 11.1 Å². The van der Waals surface area contributed by atoms with Gasteiger partial charge in [-0.3, -0.25) is 10.2 Å². The van der Waals surface area contributed by atoms with E-state index >= 15 is 0 Å². The van der Waals surface area contributed by atoms with Crippen molar-refractivity contribution in [2.45, 2.75) is 32.6 Å². The Balaban J connectivity index is 2.22. The summed E-state index contributed by atoms with van der Waals surface area (Å²) in [5.41, 5.74) is 5.45. The molecule has 0 unspecified atom stereocenters. The molecule has 1 aliphatic carbocycles. The Bertz CT molecular complexity index is 219. The molecular formula is C10H19N3O. The van der Waals surface area contributed by atoms with Gasteiger partial charge in [0.2, 0.25) is 5.91 Å². The Hall–Kier alpha value is -1.06. The minimum Gasteiger partial charge on any atom is -0.387 e. The quantitative estimate of drug-likeness (QED) is 0.463. The molecule has 0 saturated heterocycles. The van der Waals surface area contributed by atoms with Gasteiger partial charge in [-0.2, -0.15) is 0 Å². The summed E-state index contributed by atoms with van der Waals surface area (Å²) in [5.74, 6) is 1.22. The van der Waals surface area contributed by atoms with Crippen LogP contribution in [0, 0.1) is 17.2 Å². The molecule has 80 valence electrons. The van der Waals surface area contributed by atoms with Crippen molar-refractivity contribution in [1.82, 2.24) is 5.32 Å². The summed E-state index contributed by atoms with van der Waals surface area (Å²) in [5, 5.41) is 10.2. The van der Waals surface area contributed by atoms with Crippen molar-refractivity contribution in [2.24, 2.45) is 17.6 Å². The third-order valence-corrected chi connectivity index (χ3v) is 2.93. The number of amides is 1. The standard InChI is InChI=1S/C10H19N3O/c1-7(14)13-6-8-2-4-9(5-3-8)10(11)12/h8-9H,2-6H2,1H3,(H3,11,12)(H,13,14). The van der Waals surface area contributed by atoms with Crippen molar-refractivity contribution in [3.8, 4) is 0 Å². The number of nitrogens with one attached hydrogen (secondary N) is 2. The lowest BCUT2D eigenvalue weighted by atomic mass is 9.81. The first-order valence-electron chi connectivity index (χ1n) is 5.18. The normalized spacial score (nSPS) is 26.9. The van der Waals surface area contributed by atoms with Gasteiger partial charge in [0.15, 0.2) is 0 Å². The summed E-state index contributed by atoms with van der Waals surface area (Å²) < 4.78 is 0. The number of hydrogen-bond acceptors (Lipinski definition) is 2. The van der Waals surface area contributed by atoms with Crippen LogP contribution in [-0.4, -0.2) is 18.3 Å². The Labute approximate surface area is 84.8 Å². The van der Waals surface area contributed by atoms with Crippen LogP contribution in [0.2, 0.25) is 0 Å². The van der Waals surface area contributed by atoms with Crippen LogP contribution in [0.25, 0.3) is 0 Å². The molecule has 0 bridgehead atoms. The predicted molar refractivity (Wildman–Crippen MR) is 56.0 cm³/mol. The van der Waals surface area contributed by atoms with Gasteiger partial charge in [-0.05, 0) is 31.6 Å². The highest BCUT2D eigenvalue weighted by molar-refractivity contribution is 5.79. The summed E-state index contributed by atoms with van der Waals surface area (Å²) >= 11 is 0. The van der Waals surface area contributed by atoms with Crippen LogP contribution >= 0.6 is 0 Å². The minimum atomic E-state index is 0.0405. The molecule has 0 radical (unpaired) electrons. The van der Waals surface area contributed by atoms with E-state index in [0.29, 0.717) is 11.8 Å². The molecule has 4 heteroatoms. The monoisotopic (exact) mass is 197 g/mol. The van der Waals surface area contributed by atoms with Crippen molar-refractivity contribution >= 4 is 11.7 Å². The molecule has 14 heavy (non-hydrogen) atoms.